The van der Waals surface area contributed by atoms with Gasteiger partial charge in [0.1, 0.15) is 12.2 Å². The van der Waals surface area contributed by atoms with Gasteiger partial charge < -0.3 is 20.6 Å². The first-order chi connectivity index (χ1) is 20.4. The highest BCUT2D eigenvalue weighted by Gasteiger charge is 2.60. The minimum Gasteiger partial charge on any atom is -0.387 e. The molecule has 4 N–H and O–H groups in total. The molecule has 8 nitrogen and oxygen atoms in total. The minimum absolute atomic E-state index is 0.0124. The summed E-state index contributed by atoms with van der Waals surface area (Å²) in [5, 5.41) is 35.5. The molecule has 1 aromatic heterocycles. The number of rotatable bonds is 8. The fraction of sp³-hybridized carbons (Fsp3) is 0.419. The van der Waals surface area contributed by atoms with Gasteiger partial charge in [-0.2, -0.15) is 0 Å². The van der Waals surface area contributed by atoms with E-state index >= 15 is 0 Å². The predicted molar refractivity (Wildman–Crippen MR) is 154 cm³/mol. The highest BCUT2D eigenvalue weighted by Crippen LogP contribution is 2.55. The first-order valence-corrected chi connectivity index (χ1v) is 16.2. The van der Waals surface area contributed by atoms with Crippen LogP contribution in [0.3, 0.4) is 0 Å². The molecule has 3 aliphatic carbocycles. The maximum absolute atomic E-state index is 13.9. The summed E-state index contributed by atoms with van der Waals surface area (Å²) in [6.07, 6.45) is 0.0116. The van der Waals surface area contributed by atoms with E-state index in [2.05, 4.69) is 10.3 Å². The van der Waals surface area contributed by atoms with Gasteiger partial charge >= 0.3 is 0 Å². The SMILES string of the molecule is O=C(Nc1ccc(F)c(F)c1)c1ccc(Cl)c(S(=O)(=O)[C@H]2CC3CCC(C2)[C@]3(O)C(O)C(O)c2cccc(C3CC3)n2)c1. The van der Waals surface area contributed by atoms with Gasteiger partial charge in [-0.1, -0.05) is 17.7 Å². The molecule has 2 aromatic carbocycles. The van der Waals surface area contributed by atoms with E-state index in [1.807, 2.05) is 6.07 Å². The molecule has 6 rings (SSSR count). The second kappa shape index (κ2) is 11.2. The van der Waals surface area contributed by atoms with Crippen molar-refractivity contribution in [2.75, 3.05) is 5.32 Å². The Balaban J connectivity index is 1.21. The molecule has 4 atom stereocenters. The number of nitrogens with zero attached hydrogens (tertiary/aromatic N) is 1. The van der Waals surface area contributed by atoms with Gasteiger partial charge in [0.2, 0.25) is 0 Å². The first kappa shape index (κ1) is 30.1. The summed E-state index contributed by atoms with van der Waals surface area (Å²) >= 11 is 6.32. The van der Waals surface area contributed by atoms with Crippen LogP contribution in [-0.2, 0) is 9.84 Å². The van der Waals surface area contributed by atoms with E-state index in [1.54, 1.807) is 12.1 Å². The average Bonchev–Trinajstić information content (AvgIpc) is 3.82. The van der Waals surface area contributed by atoms with Crippen molar-refractivity contribution >= 4 is 33.0 Å². The van der Waals surface area contributed by atoms with Crippen LogP contribution >= 0.6 is 11.6 Å². The lowest BCUT2D eigenvalue weighted by Gasteiger charge is -2.46. The number of carbonyl (C=O) groups is 1. The second-order valence-electron chi connectivity index (χ2n) is 11.9. The van der Waals surface area contributed by atoms with Gasteiger partial charge in [0.25, 0.3) is 5.91 Å². The van der Waals surface area contributed by atoms with Crippen LogP contribution in [0, 0.1) is 23.5 Å². The van der Waals surface area contributed by atoms with E-state index in [0.29, 0.717) is 18.8 Å². The number of hydrogen-bond donors (Lipinski definition) is 4. The van der Waals surface area contributed by atoms with Gasteiger partial charge in [-0.05, 0) is 92.8 Å². The second-order valence-corrected chi connectivity index (χ2v) is 14.5. The van der Waals surface area contributed by atoms with Crippen LogP contribution < -0.4 is 5.32 Å². The van der Waals surface area contributed by atoms with E-state index in [1.165, 1.54) is 18.2 Å². The Bertz CT molecular complexity index is 1670. The summed E-state index contributed by atoms with van der Waals surface area (Å²) in [4.78, 5) is 17.1. The van der Waals surface area contributed by atoms with Crippen molar-refractivity contribution in [2.24, 2.45) is 11.8 Å². The van der Waals surface area contributed by atoms with E-state index in [4.69, 9.17) is 11.6 Å². The number of carbonyl (C=O) groups excluding carboxylic acids is 1. The molecule has 1 heterocycles. The number of anilines is 1. The van der Waals surface area contributed by atoms with E-state index in [-0.39, 0.29) is 39.7 Å². The van der Waals surface area contributed by atoms with Gasteiger partial charge in [0, 0.05) is 28.9 Å². The molecular formula is C31H31ClF2N2O6S. The number of amides is 1. The molecule has 3 saturated carbocycles. The third-order valence-electron chi connectivity index (χ3n) is 9.25. The Hall–Kier alpha value is -2.96. The topological polar surface area (TPSA) is 137 Å². The number of aromatic nitrogens is 1. The standard InChI is InChI=1S/C31H31ClF2N2O6S/c32-22-10-6-17(30(39)35-20-9-11-23(33)24(34)15-20)12-27(22)43(41,42)21-13-18-7-8-19(14-21)31(18,40)29(38)28(37)26-3-1-2-25(36-26)16-4-5-16/h1-3,6,9-12,15-16,18-19,21,28-29,37-38,40H,4-5,7-8,13-14H2,(H,35,39)/t18?,19?,21-,28?,29?,31-. The van der Waals surface area contributed by atoms with E-state index < -0.39 is 62.3 Å². The van der Waals surface area contributed by atoms with E-state index in [0.717, 1.165) is 36.7 Å². The molecule has 4 unspecified atom stereocenters. The Morgan fingerprint density at radius 1 is 0.977 bits per heavy atom. The number of benzene rings is 2. The molecule has 3 fully saturated rings. The zero-order chi connectivity index (χ0) is 30.7. The molecule has 228 valence electrons. The van der Waals surface area contributed by atoms with Gasteiger partial charge in [-0.3, -0.25) is 9.78 Å². The summed E-state index contributed by atoms with van der Waals surface area (Å²) < 4.78 is 54.6. The summed E-state index contributed by atoms with van der Waals surface area (Å²) in [6.45, 7) is 0. The number of halogens is 3. The largest absolute Gasteiger partial charge is 0.387 e. The van der Waals surface area contributed by atoms with Gasteiger partial charge in [0.05, 0.1) is 26.5 Å². The van der Waals surface area contributed by atoms with Crippen LogP contribution in [0.1, 0.15) is 72.3 Å². The van der Waals surface area contributed by atoms with Crippen molar-refractivity contribution < 1.29 is 37.3 Å². The first-order valence-electron chi connectivity index (χ1n) is 14.2. The fourth-order valence-corrected chi connectivity index (χ4v) is 9.15. The predicted octanol–water partition coefficient (Wildman–Crippen LogP) is 4.93. The average molecular weight is 633 g/mol. The Morgan fingerprint density at radius 2 is 1.67 bits per heavy atom. The number of aliphatic hydroxyl groups is 3. The van der Waals surface area contributed by atoms with Crippen molar-refractivity contribution in [1.82, 2.24) is 4.98 Å². The number of aliphatic hydroxyl groups excluding tert-OH is 2. The van der Waals surface area contributed by atoms with Crippen molar-refractivity contribution in [3.63, 3.8) is 0 Å². The molecule has 12 heteroatoms. The van der Waals surface area contributed by atoms with Crippen LogP contribution in [-0.4, -0.2) is 51.6 Å². The van der Waals surface area contributed by atoms with Gasteiger partial charge in [-0.15, -0.1) is 0 Å². The molecule has 0 radical (unpaired) electrons. The minimum atomic E-state index is -4.11. The van der Waals surface area contributed by atoms with Crippen LogP contribution in [0.15, 0.2) is 59.5 Å². The molecular weight excluding hydrogens is 602 g/mol. The summed E-state index contributed by atoms with van der Waals surface area (Å²) in [5.41, 5.74) is -0.668. The lowest BCUT2D eigenvalue weighted by Crippen LogP contribution is -2.57. The summed E-state index contributed by atoms with van der Waals surface area (Å²) in [6, 6.07) is 11.9. The quantitative estimate of drug-likeness (QED) is 0.276. The third kappa shape index (κ3) is 5.46. The van der Waals surface area contributed by atoms with Crippen LogP contribution in [0.5, 0.6) is 0 Å². The number of nitrogens with one attached hydrogen (secondary N) is 1. The highest BCUT2D eigenvalue weighted by atomic mass is 35.5. The number of hydrogen-bond acceptors (Lipinski definition) is 7. The number of pyridine rings is 1. The van der Waals surface area contributed by atoms with Crippen molar-refractivity contribution in [3.05, 3.63) is 88.2 Å². The maximum atomic E-state index is 13.9. The normalized spacial score (nSPS) is 26.6. The molecule has 43 heavy (non-hydrogen) atoms. The van der Waals surface area contributed by atoms with Gasteiger partial charge in [-0.25, -0.2) is 17.2 Å². The lowest BCUT2D eigenvalue weighted by molar-refractivity contribution is -0.178. The lowest BCUT2D eigenvalue weighted by atomic mass is 9.69. The highest BCUT2D eigenvalue weighted by molar-refractivity contribution is 7.92. The molecule has 3 aliphatic rings. The van der Waals surface area contributed by atoms with Crippen LogP contribution in [0.4, 0.5) is 14.5 Å². The molecule has 3 aromatic rings. The third-order valence-corrected chi connectivity index (χ3v) is 11.9. The van der Waals surface area contributed by atoms with Gasteiger partial charge in [0.15, 0.2) is 21.5 Å². The summed E-state index contributed by atoms with van der Waals surface area (Å²) in [5.74, 6) is -3.85. The number of sulfone groups is 1. The van der Waals surface area contributed by atoms with Crippen LogP contribution in [0.2, 0.25) is 5.02 Å². The molecule has 0 aliphatic heterocycles. The zero-order valence-electron chi connectivity index (χ0n) is 23.0. The van der Waals surface area contributed by atoms with Crippen molar-refractivity contribution in [3.8, 4) is 0 Å². The van der Waals surface area contributed by atoms with E-state index in [9.17, 15) is 37.3 Å². The Kier molecular flexibility index (Phi) is 7.83. The van der Waals surface area contributed by atoms with Crippen molar-refractivity contribution in [1.29, 1.82) is 0 Å². The maximum Gasteiger partial charge on any atom is 0.255 e. The number of fused-ring (bicyclic) bond motifs is 2. The molecule has 2 bridgehead atoms. The summed E-state index contributed by atoms with van der Waals surface area (Å²) in [7, 11) is -4.11. The Labute approximate surface area is 252 Å². The smallest absolute Gasteiger partial charge is 0.255 e. The van der Waals surface area contributed by atoms with Crippen molar-refractivity contribution in [2.45, 2.75) is 72.4 Å². The fourth-order valence-electron chi connectivity index (χ4n) is 6.75. The molecule has 0 spiro atoms. The molecule has 0 saturated heterocycles. The monoisotopic (exact) mass is 632 g/mol. The molecule has 1 amide bonds. The zero-order valence-corrected chi connectivity index (χ0v) is 24.5. The van der Waals surface area contributed by atoms with Crippen LogP contribution in [0.25, 0.3) is 0 Å². The Morgan fingerprint density at radius 3 is 2.33 bits per heavy atom.